The first-order valence-electron chi connectivity index (χ1n) is 5.47. The van der Waals surface area contributed by atoms with Gasteiger partial charge in [0.05, 0.1) is 6.04 Å². The zero-order chi connectivity index (χ0) is 12.3. The first-order chi connectivity index (χ1) is 7.47. The number of hydrogen-bond acceptors (Lipinski definition) is 4. The highest BCUT2D eigenvalue weighted by molar-refractivity contribution is 5.96. The standard InChI is InChI=1S/C11H17NO4/c1-4-10(16-8(3)14)9-5-6-11(15)12(9)7(2)13/h9-10H,4-6H2,1-3H3. The van der Waals surface area contributed by atoms with Crippen molar-refractivity contribution in [1.29, 1.82) is 0 Å². The third-order valence-electron chi connectivity index (χ3n) is 2.74. The molecule has 16 heavy (non-hydrogen) atoms. The van der Waals surface area contributed by atoms with E-state index in [2.05, 4.69) is 0 Å². The van der Waals surface area contributed by atoms with Gasteiger partial charge in [-0.05, 0) is 12.8 Å². The molecule has 5 heteroatoms. The molecule has 1 heterocycles. The summed E-state index contributed by atoms with van der Waals surface area (Å²) in [4.78, 5) is 35.0. The van der Waals surface area contributed by atoms with Crippen LogP contribution in [0.4, 0.5) is 0 Å². The Hall–Kier alpha value is -1.39. The van der Waals surface area contributed by atoms with Gasteiger partial charge in [0.15, 0.2) is 0 Å². The molecule has 0 radical (unpaired) electrons. The quantitative estimate of drug-likeness (QED) is 0.671. The Labute approximate surface area is 94.7 Å². The fourth-order valence-electron chi connectivity index (χ4n) is 2.11. The van der Waals surface area contributed by atoms with Crippen LogP contribution in [-0.2, 0) is 19.1 Å². The molecule has 2 atom stereocenters. The lowest BCUT2D eigenvalue weighted by molar-refractivity contribution is -0.155. The smallest absolute Gasteiger partial charge is 0.302 e. The second kappa shape index (κ2) is 5.09. The normalized spacial score (nSPS) is 22.1. The number of ether oxygens (including phenoxy) is 1. The number of carbonyl (C=O) groups is 3. The minimum atomic E-state index is -0.382. The predicted octanol–water partition coefficient (Wildman–Crippen LogP) is 0.866. The molecule has 1 saturated heterocycles. The summed E-state index contributed by atoms with van der Waals surface area (Å²) >= 11 is 0. The maximum absolute atomic E-state index is 11.5. The summed E-state index contributed by atoms with van der Waals surface area (Å²) in [6, 6.07) is -0.293. The highest BCUT2D eigenvalue weighted by Crippen LogP contribution is 2.25. The Kier molecular flexibility index (Phi) is 4.04. The van der Waals surface area contributed by atoms with Crippen LogP contribution in [0.15, 0.2) is 0 Å². The van der Waals surface area contributed by atoms with Crippen LogP contribution in [0.1, 0.15) is 40.0 Å². The van der Waals surface area contributed by atoms with Crippen molar-refractivity contribution in [3.63, 3.8) is 0 Å². The molecule has 2 amide bonds. The number of likely N-dealkylation sites (tertiary alicyclic amines) is 1. The van der Waals surface area contributed by atoms with E-state index in [1.807, 2.05) is 6.92 Å². The van der Waals surface area contributed by atoms with E-state index >= 15 is 0 Å². The van der Waals surface area contributed by atoms with Crippen molar-refractivity contribution < 1.29 is 19.1 Å². The van der Waals surface area contributed by atoms with Gasteiger partial charge < -0.3 is 4.74 Å². The van der Waals surface area contributed by atoms with Crippen molar-refractivity contribution in [1.82, 2.24) is 4.90 Å². The zero-order valence-electron chi connectivity index (χ0n) is 9.86. The maximum Gasteiger partial charge on any atom is 0.302 e. The van der Waals surface area contributed by atoms with Gasteiger partial charge in [0.25, 0.3) is 0 Å². The molecule has 0 bridgehead atoms. The Morgan fingerprint density at radius 1 is 1.50 bits per heavy atom. The minimum Gasteiger partial charge on any atom is -0.460 e. The van der Waals surface area contributed by atoms with E-state index in [4.69, 9.17) is 4.74 Å². The summed E-state index contributed by atoms with van der Waals surface area (Å²) in [5.74, 6) is -0.837. The molecule has 0 N–H and O–H groups in total. The van der Waals surface area contributed by atoms with E-state index in [-0.39, 0.29) is 29.9 Å². The molecule has 0 aromatic heterocycles. The molecule has 1 aliphatic heterocycles. The van der Waals surface area contributed by atoms with Crippen LogP contribution in [0.2, 0.25) is 0 Å². The van der Waals surface area contributed by atoms with Crippen LogP contribution in [0.5, 0.6) is 0 Å². The molecule has 0 aromatic rings. The molecule has 0 spiro atoms. The molecule has 1 aliphatic rings. The van der Waals surface area contributed by atoms with Crippen molar-refractivity contribution >= 4 is 17.8 Å². The first-order valence-corrected chi connectivity index (χ1v) is 5.47. The average Bonchev–Trinajstić information content (AvgIpc) is 2.56. The molecular weight excluding hydrogens is 210 g/mol. The Balaban J connectivity index is 2.80. The number of amides is 2. The van der Waals surface area contributed by atoms with Crippen LogP contribution in [-0.4, -0.2) is 34.8 Å². The van der Waals surface area contributed by atoms with Crippen LogP contribution < -0.4 is 0 Å². The van der Waals surface area contributed by atoms with Crippen molar-refractivity contribution in [2.45, 2.75) is 52.2 Å². The molecule has 0 aromatic carbocycles. The molecule has 1 fully saturated rings. The molecule has 5 nitrogen and oxygen atoms in total. The highest BCUT2D eigenvalue weighted by Gasteiger charge is 2.39. The third-order valence-corrected chi connectivity index (χ3v) is 2.74. The summed E-state index contributed by atoms with van der Waals surface area (Å²) < 4.78 is 5.13. The van der Waals surface area contributed by atoms with E-state index in [1.165, 1.54) is 18.7 Å². The van der Waals surface area contributed by atoms with Gasteiger partial charge in [-0.2, -0.15) is 0 Å². The van der Waals surface area contributed by atoms with E-state index in [1.54, 1.807) is 0 Å². The summed E-state index contributed by atoms with van der Waals surface area (Å²) in [6.45, 7) is 4.56. The predicted molar refractivity (Wildman–Crippen MR) is 56.4 cm³/mol. The second-order valence-corrected chi connectivity index (χ2v) is 3.94. The SMILES string of the molecule is CCC(OC(C)=O)C1CCC(=O)N1C(C)=O. The summed E-state index contributed by atoms with van der Waals surface area (Å²) in [5.41, 5.74) is 0. The van der Waals surface area contributed by atoms with Gasteiger partial charge in [-0.15, -0.1) is 0 Å². The van der Waals surface area contributed by atoms with Gasteiger partial charge >= 0.3 is 5.97 Å². The van der Waals surface area contributed by atoms with Crippen molar-refractivity contribution in [2.75, 3.05) is 0 Å². The number of nitrogens with zero attached hydrogens (tertiary/aromatic N) is 1. The van der Waals surface area contributed by atoms with Gasteiger partial charge in [-0.25, -0.2) is 0 Å². The maximum atomic E-state index is 11.5. The van der Waals surface area contributed by atoms with Gasteiger partial charge in [0.2, 0.25) is 11.8 Å². The van der Waals surface area contributed by atoms with Gasteiger partial charge in [-0.3, -0.25) is 19.3 Å². The number of rotatable bonds is 3. The lowest BCUT2D eigenvalue weighted by Crippen LogP contribution is -2.45. The zero-order valence-corrected chi connectivity index (χ0v) is 9.86. The van der Waals surface area contributed by atoms with Crippen molar-refractivity contribution in [3.8, 4) is 0 Å². The van der Waals surface area contributed by atoms with Crippen LogP contribution in [0.25, 0.3) is 0 Å². The number of esters is 1. The topological polar surface area (TPSA) is 63.7 Å². The van der Waals surface area contributed by atoms with Crippen LogP contribution >= 0.6 is 0 Å². The molecule has 2 unspecified atom stereocenters. The molecule has 1 rings (SSSR count). The van der Waals surface area contributed by atoms with Gasteiger partial charge in [0, 0.05) is 20.3 Å². The lowest BCUT2D eigenvalue weighted by atomic mass is 10.1. The van der Waals surface area contributed by atoms with Crippen LogP contribution in [0, 0.1) is 0 Å². The fraction of sp³-hybridized carbons (Fsp3) is 0.727. The Morgan fingerprint density at radius 2 is 2.12 bits per heavy atom. The number of hydrogen-bond donors (Lipinski definition) is 0. The van der Waals surface area contributed by atoms with E-state index in [0.717, 1.165) is 0 Å². The number of imide groups is 1. The monoisotopic (exact) mass is 227 g/mol. The van der Waals surface area contributed by atoms with Gasteiger partial charge in [0.1, 0.15) is 6.10 Å². The van der Waals surface area contributed by atoms with Crippen molar-refractivity contribution in [3.05, 3.63) is 0 Å². The fourth-order valence-corrected chi connectivity index (χ4v) is 2.11. The van der Waals surface area contributed by atoms with Gasteiger partial charge in [-0.1, -0.05) is 6.92 Å². The summed E-state index contributed by atoms with van der Waals surface area (Å²) in [6.07, 6.45) is 1.14. The molecule has 0 aliphatic carbocycles. The van der Waals surface area contributed by atoms with Crippen LogP contribution in [0.3, 0.4) is 0 Å². The average molecular weight is 227 g/mol. The lowest BCUT2D eigenvalue weighted by Gasteiger charge is -2.28. The minimum absolute atomic E-state index is 0.178. The van der Waals surface area contributed by atoms with E-state index in [9.17, 15) is 14.4 Å². The molecule has 90 valence electrons. The highest BCUT2D eigenvalue weighted by atomic mass is 16.5. The largest absolute Gasteiger partial charge is 0.460 e. The summed E-state index contributed by atoms with van der Waals surface area (Å²) in [5, 5.41) is 0. The number of carbonyl (C=O) groups excluding carboxylic acids is 3. The Bertz CT molecular complexity index is 313. The van der Waals surface area contributed by atoms with Crippen molar-refractivity contribution in [2.24, 2.45) is 0 Å². The first kappa shape index (κ1) is 12.7. The third kappa shape index (κ3) is 2.59. The Morgan fingerprint density at radius 3 is 2.56 bits per heavy atom. The molecule has 0 saturated carbocycles. The van der Waals surface area contributed by atoms with E-state index in [0.29, 0.717) is 19.3 Å². The van der Waals surface area contributed by atoms with E-state index < -0.39 is 0 Å². The summed E-state index contributed by atoms with van der Waals surface area (Å²) in [7, 11) is 0. The second-order valence-electron chi connectivity index (χ2n) is 3.94. The molecular formula is C11H17NO4.